The number of hydrogen-bond acceptors (Lipinski definition) is 5. The van der Waals surface area contributed by atoms with Crippen molar-refractivity contribution in [1.82, 2.24) is 20.5 Å². The Labute approximate surface area is 255 Å². The van der Waals surface area contributed by atoms with Gasteiger partial charge >= 0.3 is 12.4 Å². The molecular weight excluding hydrogens is 602 g/mol. The summed E-state index contributed by atoms with van der Waals surface area (Å²) < 4.78 is 77.3. The molecule has 45 heavy (non-hydrogen) atoms. The maximum atomic E-state index is 12.9. The zero-order valence-corrected chi connectivity index (χ0v) is 24.1. The molecule has 1 aromatic heterocycles. The SMILES string of the molecule is O=C(CNC(=O)c1cccc(C(F)(F)F)c1)N[C@@H]1CCN(C2CCC(O)(c3ccc(-c4ccc(C(F)(F)F)cc4)cn3)CC2)C1. The van der Waals surface area contributed by atoms with E-state index in [0.29, 0.717) is 55.5 Å². The number of likely N-dealkylation sites (tertiary alicyclic amines) is 1. The zero-order valence-electron chi connectivity index (χ0n) is 24.1. The van der Waals surface area contributed by atoms with Crippen LogP contribution >= 0.6 is 0 Å². The van der Waals surface area contributed by atoms with E-state index in [4.69, 9.17) is 0 Å². The van der Waals surface area contributed by atoms with Crippen molar-refractivity contribution in [2.75, 3.05) is 19.6 Å². The van der Waals surface area contributed by atoms with E-state index in [-0.39, 0.29) is 24.2 Å². The Morgan fingerprint density at radius 1 is 0.889 bits per heavy atom. The van der Waals surface area contributed by atoms with E-state index >= 15 is 0 Å². The first-order chi connectivity index (χ1) is 21.2. The maximum absolute atomic E-state index is 12.9. The number of alkyl halides is 6. The number of rotatable bonds is 7. The Morgan fingerprint density at radius 2 is 1.56 bits per heavy atom. The first-order valence-electron chi connectivity index (χ1n) is 14.6. The number of amides is 2. The summed E-state index contributed by atoms with van der Waals surface area (Å²) in [5.41, 5.74) is -1.24. The maximum Gasteiger partial charge on any atom is 0.416 e. The van der Waals surface area contributed by atoms with E-state index in [1.165, 1.54) is 18.2 Å². The fourth-order valence-electron chi connectivity index (χ4n) is 6.01. The third-order valence-electron chi connectivity index (χ3n) is 8.53. The number of hydrogen-bond donors (Lipinski definition) is 3. The molecule has 2 heterocycles. The van der Waals surface area contributed by atoms with Crippen LogP contribution in [0.5, 0.6) is 0 Å². The predicted octanol–water partition coefficient (Wildman–Crippen LogP) is 5.54. The summed E-state index contributed by atoms with van der Waals surface area (Å²) >= 11 is 0. The quantitative estimate of drug-likeness (QED) is 0.297. The fraction of sp³-hybridized carbons (Fsp3) is 0.406. The number of carbonyl (C=O) groups excluding carboxylic acids is 2. The summed E-state index contributed by atoms with van der Waals surface area (Å²) in [7, 11) is 0. The lowest BCUT2D eigenvalue weighted by Gasteiger charge is -2.39. The summed E-state index contributed by atoms with van der Waals surface area (Å²) in [6.45, 7) is 0.966. The molecule has 13 heteroatoms. The van der Waals surface area contributed by atoms with Crippen molar-refractivity contribution in [3.63, 3.8) is 0 Å². The van der Waals surface area contributed by atoms with E-state index in [2.05, 4.69) is 20.5 Å². The van der Waals surface area contributed by atoms with E-state index in [1.807, 2.05) is 0 Å². The molecule has 3 N–H and O–H groups in total. The highest BCUT2D eigenvalue weighted by molar-refractivity contribution is 5.96. The number of aliphatic hydroxyl groups is 1. The Bertz CT molecular complexity index is 1500. The van der Waals surface area contributed by atoms with Gasteiger partial charge < -0.3 is 15.7 Å². The van der Waals surface area contributed by atoms with Crippen LogP contribution in [0.2, 0.25) is 0 Å². The van der Waals surface area contributed by atoms with Gasteiger partial charge in [0.05, 0.1) is 23.4 Å². The average Bonchev–Trinajstić information content (AvgIpc) is 3.48. The molecule has 1 aliphatic carbocycles. The number of carbonyl (C=O) groups is 2. The van der Waals surface area contributed by atoms with E-state index in [1.54, 1.807) is 18.3 Å². The molecule has 3 aromatic rings. The molecule has 1 atom stereocenters. The van der Waals surface area contributed by atoms with E-state index < -0.39 is 40.9 Å². The molecule has 2 fully saturated rings. The van der Waals surface area contributed by atoms with Gasteiger partial charge in [0.15, 0.2) is 0 Å². The zero-order chi connectivity index (χ0) is 32.4. The van der Waals surface area contributed by atoms with Crippen LogP contribution in [-0.4, -0.2) is 58.5 Å². The minimum atomic E-state index is -4.58. The summed E-state index contributed by atoms with van der Waals surface area (Å²) in [5, 5.41) is 16.6. The molecule has 0 bridgehead atoms. The molecular formula is C32H32F6N4O3. The van der Waals surface area contributed by atoms with Gasteiger partial charge in [0.2, 0.25) is 5.91 Å². The number of halogens is 6. The molecule has 2 aromatic carbocycles. The summed E-state index contributed by atoms with van der Waals surface area (Å²) in [6, 6.07) is 12.3. The molecule has 240 valence electrons. The van der Waals surface area contributed by atoms with Crippen LogP contribution in [-0.2, 0) is 22.7 Å². The van der Waals surface area contributed by atoms with Crippen molar-refractivity contribution in [2.24, 2.45) is 0 Å². The Hall–Kier alpha value is -3.97. The van der Waals surface area contributed by atoms with Crippen LogP contribution < -0.4 is 10.6 Å². The summed E-state index contributed by atoms with van der Waals surface area (Å²) in [5.74, 6) is -1.21. The predicted molar refractivity (Wildman–Crippen MR) is 153 cm³/mol. The van der Waals surface area contributed by atoms with Gasteiger partial charge in [0.1, 0.15) is 5.60 Å². The van der Waals surface area contributed by atoms with Gasteiger partial charge in [0, 0.05) is 42.5 Å². The van der Waals surface area contributed by atoms with Gasteiger partial charge in [-0.25, -0.2) is 0 Å². The van der Waals surface area contributed by atoms with Crippen molar-refractivity contribution in [3.8, 4) is 11.1 Å². The first kappa shape index (κ1) is 32.4. The molecule has 1 saturated carbocycles. The lowest BCUT2D eigenvalue weighted by Crippen LogP contribution is -2.45. The minimum absolute atomic E-state index is 0.150. The highest BCUT2D eigenvalue weighted by Crippen LogP contribution is 2.39. The second-order valence-corrected chi connectivity index (χ2v) is 11.6. The van der Waals surface area contributed by atoms with Crippen LogP contribution in [0.25, 0.3) is 11.1 Å². The van der Waals surface area contributed by atoms with Crippen LogP contribution in [0.4, 0.5) is 26.3 Å². The minimum Gasteiger partial charge on any atom is -0.384 e. The average molecular weight is 635 g/mol. The molecule has 0 radical (unpaired) electrons. The van der Waals surface area contributed by atoms with E-state index in [9.17, 15) is 41.0 Å². The van der Waals surface area contributed by atoms with Gasteiger partial charge in [-0.15, -0.1) is 0 Å². The smallest absolute Gasteiger partial charge is 0.384 e. The van der Waals surface area contributed by atoms with Crippen LogP contribution in [0.3, 0.4) is 0 Å². The normalized spacial score (nSPS) is 22.6. The number of aromatic nitrogens is 1. The number of pyridine rings is 1. The van der Waals surface area contributed by atoms with Gasteiger partial charge in [-0.1, -0.05) is 24.3 Å². The van der Waals surface area contributed by atoms with Crippen molar-refractivity contribution in [3.05, 3.63) is 89.2 Å². The molecule has 5 rings (SSSR count). The lowest BCUT2D eigenvalue weighted by atomic mass is 9.79. The highest BCUT2D eigenvalue weighted by atomic mass is 19.4. The van der Waals surface area contributed by atoms with Gasteiger partial charge in [-0.2, -0.15) is 26.3 Å². The standard InChI is InChI=1S/C32H32F6N4O3/c33-31(34,35)23-7-4-20(5-8-23)22-6-9-27(39-17-22)30(45)13-10-26(11-14-30)42-15-12-25(19-42)41-28(43)18-40-29(44)21-2-1-3-24(16-21)32(36,37)38/h1-9,16-17,25-26,45H,10-15,18-19H2,(H,40,44)(H,41,43)/t25-,26?,30?/m1/s1. The van der Waals surface area contributed by atoms with Crippen LogP contribution in [0.1, 0.15) is 59.3 Å². The topological polar surface area (TPSA) is 94.6 Å². The Morgan fingerprint density at radius 3 is 2.18 bits per heavy atom. The molecule has 2 amide bonds. The van der Waals surface area contributed by atoms with Crippen molar-refractivity contribution in [1.29, 1.82) is 0 Å². The molecule has 0 spiro atoms. The number of nitrogens with zero attached hydrogens (tertiary/aromatic N) is 2. The largest absolute Gasteiger partial charge is 0.416 e. The Balaban J connectivity index is 1.07. The molecule has 1 saturated heterocycles. The van der Waals surface area contributed by atoms with Gasteiger partial charge in [-0.3, -0.25) is 19.5 Å². The fourth-order valence-corrected chi connectivity index (χ4v) is 6.01. The third kappa shape index (κ3) is 7.82. The molecule has 0 unspecified atom stereocenters. The van der Waals surface area contributed by atoms with Crippen molar-refractivity contribution in [2.45, 2.75) is 62.1 Å². The Kier molecular flexibility index (Phi) is 9.22. The third-order valence-corrected chi connectivity index (χ3v) is 8.53. The summed E-state index contributed by atoms with van der Waals surface area (Å²) in [4.78, 5) is 31.4. The van der Waals surface area contributed by atoms with Crippen LogP contribution in [0, 0.1) is 0 Å². The monoisotopic (exact) mass is 634 g/mol. The number of benzene rings is 2. The van der Waals surface area contributed by atoms with Gasteiger partial charge in [0.25, 0.3) is 5.91 Å². The lowest BCUT2D eigenvalue weighted by molar-refractivity contribution is -0.138. The molecule has 2 aliphatic rings. The van der Waals surface area contributed by atoms with Crippen molar-refractivity contribution >= 4 is 11.8 Å². The molecule has 1 aliphatic heterocycles. The van der Waals surface area contributed by atoms with Gasteiger partial charge in [-0.05, 0) is 74.1 Å². The second kappa shape index (κ2) is 12.8. The summed E-state index contributed by atoms with van der Waals surface area (Å²) in [6.07, 6.45) is -4.40. The highest BCUT2D eigenvalue weighted by Gasteiger charge is 2.39. The molecule has 7 nitrogen and oxygen atoms in total. The van der Waals surface area contributed by atoms with Crippen molar-refractivity contribution < 1.29 is 41.0 Å². The second-order valence-electron chi connectivity index (χ2n) is 11.6. The van der Waals surface area contributed by atoms with Crippen LogP contribution in [0.15, 0.2) is 66.9 Å². The number of nitrogens with one attached hydrogen (secondary N) is 2. The first-order valence-corrected chi connectivity index (χ1v) is 14.6. The van der Waals surface area contributed by atoms with E-state index in [0.717, 1.165) is 36.9 Å².